The number of H-pyrrole nitrogens is 1. The second-order valence-corrected chi connectivity index (χ2v) is 10.2. The van der Waals surface area contributed by atoms with Crippen molar-refractivity contribution < 1.29 is 9.90 Å². The van der Waals surface area contributed by atoms with Gasteiger partial charge in [-0.1, -0.05) is 48.7 Å². The Morgan fingerprint density at radius 1 is 1.14 bits per heavy atom. The zero-order valence-electron chi connectivity index (χ0n) is 19.7. The monoisotopic (exact) mass is 491 g/mol. The van der Waals surface area contributed by atoms with Crippen molar-refractivity contribution in [3.63, 3.8) is 0 Å². The molecule has 2 aromatic heterocycles. The minimum Gasteiger partial charge on any atom is -0.480 e. The maximum Gasteiger partial charge on any atom is 0.325 e. The Morgan fingerprint density at radius 2 is 1.94 bits per heavy atom. The van der Waals surface area contributed by atoms with Crippen LogP contribution in [0.25, 0.3) is 5.57 Å². The number of aliphatic carboxylic acids is 1. The van der Waals surface area contributed by atoms with E-state index in [1.54, 1.807) is 12.4 Å². The number of aromatic nitrogens is 3. The summed E-state index contributed by atoms with van der Waals surface area (Å²) in [4.78, 5) is 26.8. The fraction of sp³-hybridized carbons (Fsp3) is 0.393. The van der Waals surface area contributed by atoms with Gasteiger partial charge in [-0.3, -0.25) is 14.3 Å². The van der Waals surface area contributed by atoms with Crippen molar-refractivity contribution in [2.75, 3.05) is 0 Å². The Kier molecular flexibility index (Phi) is 6.91. The van der Waals surface area contributed by atoms with Crippen LogP contribution in [-0.2, 0) is 24.2 Å². The number of rotatable bonds is 9. The zero-order valence-corrected chi connectivity index (χ0v) is 20.4. The van der Waals surface area contributed by atoms with E-state index in [9.17, 15) is 9.59 Å². The van der Waals surface area contributed by atoms with Crippen molar-refractivity contribution in [1.29, 1.82) is 0 Å². The number of hydrogen-bond acceptors (Lipinski definition) is 3. The molecule has 2 N–H and O–H groups in total. The van der Waals surface area contributed by atoms with Crippen molar-refractivity contribution >= 4 is 23.1 Å². The maximum atomic E-state index is 12.7. The predicted octanol–water partition coefficient (Wildman–Crippen LogP) is 5.59. The number of carboxylic acids is 1. The molecule has 35 heavy (non-hydrogen) atoms. The molecule has 0 amide bonds. The van der Waals surface area contributed by atoms with Crippen molar-refractivity contribution in [1.82, 2.24) is 14.8 Å². The number of aryl methyl sites for hydroxylation is 2. The van der Waals surface area contributed by atoms with Crippen LogP contribution in [0.2, 0.25) is 5.02 Å². The lowest BCUT2D eigenvalue weighted by Crippen LogP contribution is -2.13. The highest BCUT2D eigenvalue weighted by molar-refractivity contribution is 6.31. The molecule has 5 rings (SSSR count). The highest BCUT2D eigenvalue weighted by Gasteiger charge is 2.26. The lowest BCUT2D eigenvalue weighted by atomic mass is 9.94. The van der Waals surface area contributed by atoms with Gasteiger partial charge in [-0.25, -0.2) is 0 Å². The molecule has 6 nitrogen and oxygen atoms in total. The van der Waals surface area contributed by atoms with Gasteiger partial charge in [-0.05, 0) is 79.2 Å². The molecule has 0 saturated heterocycles. The summed E-state index contributed by atoms with van der Waals surface area (Å²) in [6.45, 7) is -0.144. The molecule has 182 valence electrons. The molecule has 2 aliphatic rings. The third-order valence-corrected chi connectivity index (χ3v) is 7.43. The fourth-order valence-electron chi connectivity index (χ4n) is 5.02. The molecule has 0 spiro atoms. The van der Waals surface area contributed by atoms with Gasteiger partial charge >= 0.3 is 5.97 Å². The van der Waals surface area contributed by atoms with E-state index in [1.165, 1.54) is 30.4 Å². The average Bonchev–Trinajstić information content (AvgIpc) is 3.34. The number of hydrogen-bond donors (Lipinski definition) is 2. The van der Waals surface area contributed by atoms with Gasteiger partial charge in [-0.15, -0.1) is 0 Å². The highest BCUT2D eigenvalue weighted by Crippen LogP contribution is 2.39. The van der Waals surface area contributed by atoms with Gasteiger partial charge in [0.15, 0.2) is 0 Å². The largest absolute Gasteiger partial charge is 0.480 e. The normalized spacial score (nSPS) is 16.7. The summed E-state index contributed by atoms with van der Waals surface area (Å²) >= 11 is 6.73. The molecule has 0 bridgehead atoms. The topological polar surface area (TPSA) is 88.0 Å². The number of nitrogens with zero attached hydrogens (tertiary/aromatic N) is 2. The molecule has 3 aromatic rings. The van der Waals surface area contributed by atoms with Gasteiger partial charge < -0.3 is 10.1 Å². The smallest absolute Gasteiger partial charge is 0.325 e. The van der Waals surface area contributed by atoms with Crippen molar-refractivity contribution in [3.8, 4) is 0 Å². The summed E-state index contributed by atoms with van der Waals surface area (Å²) in [6, 6.07) is 10.2. The molecule has 7 heteroatoms. The van der Waals surface area contributed by atoms with Gasteiger partial charge in [0.25, 0.3) is 5.56 Å². The summed E-state index contributed by atoms with van der Waals surface area (Å²) in [5.41, 5.74) is 5.82. The molecule has 0 aliphatic heterocycles. The van der Waals surface area contributed by atoms with E-state index >= 15 is 0 Å². The van der Waals surface area contributed by atoms with Crippen LogP contribution in [0.4, 0.5) is 0 Å². The van der Waals surface area contributed by atoms with E-state index in [0.717, 1.165) is 59.2 Å². The van der Waals surface area contributed by atoms with Gasteiger partial charge in [0.1, 0.15) is 6.54 Å². The number of pyridine rings is 1. The quantitative estimate of drug-likeness (QED) is 0.408. The van der Waals surface area contributed by atoms with Crippen LogP contribution in [0.15, 0.2) is 53.6 Å². The number of aromatic amines is 1. The third-order valence-electron chi connectivity index (χ3n) is 7.08. The molecule has 2 aliphatic carbocycles. The van der Waals surface area contributed by atoms with Crippen LogP contribution < -0.4 is 5.56 Å². The Hall–Kier alpha value is -3.12. The molecule has 0 unspecified atom stereocenters. The van der Waals surface area contributed by atoms with Crippen LogP contribution in [0, 0.1) is 5.92 Å². The molecule has 2 fully saturated rings. The van der Waals surface area contributed by atoms with Crippen LogP contribution in [0.5, 0.6) is 0 Å². The number of carboxylic acid groups (broad SMARTS) is 1. The zero-order chi connectivity index (χ0) is 24.4. The average molecular weight is 492 g/mol. The summed E-state index contributed by atoms with van der Waals surface area (Å²) in [5, 5.41) is 13.7. The van der Waals surface area contributed by atoms with Gasteiger partial charge in [0.05, 0.1) is 6.20 Å². The number of nitrogens with one attached hydrogen (secondary N) is 1. The Morgan fingerprint density at radius 3 is 2.63 bits per heavy atom. The van der Waals surface area contributed by atoms with Crippen molar-refractivity contribution in [2.45, 2.75) is 63.8 Å². The molecule has 0 atom stereocenters. The first-order valence-electron chi connectivity index (χ1n) is 12.4. The Balaban J connectivity index is 1.38. The van der Waals surface area contributed by atoms with Gasteiger partial charge in [-0.2, -0.15) is 5.10 Å². The first-order chi connectivity index (χ1) is 17.0. The minimum atomic E-state index is -0.914. The minimum absolute atomic E-state index is 0.0217. The summed E-state index contributed by atoms with van der Waals surface area (Å²) in [5.74, 6) is 0.0145. The second-order valence-electron chi connectivity index (χ2n) is 9.80. The maximum absolute atomic E-state index is 12.7. The van der Waals surface area contributed by atoms with E-state index < -0.39 is 5.97 Å². The number of allylic oxidation sites excluding steroid dienone is 1. The first kappa shape index (κ1) is 23.6. The fourth-order valence-corrected chi connectivity index (χ4v) is 5.29. The van der Waals surface area contributed by atoms with E-state index in [4.69, 9.17) is 16.7 Å². The highest BCUT2D eigenvalue weighted by atomic mass is 35.5. The number of halogens is 1. The van der Waals surface area contributed by atoms with Gasteiger partial charge in [0, 0.05) is 28.0 Å². The molecule has 1 aromatic carbocycles. The third kappa shape index (κ3) is 5.76. The lowest BCUT2D eigenvalue weighted by molar-refractivity contribution is -0.137. The molecule has 0 radical (unpaired) electrons. The first-order valence-corrected chi connectivity index (χ1v) is 12.8. The van der Waals surface area contributed by atoms with E-state index in [2.05, 4.69) is 28.3 Å². The predicted molar refractivity (Wildman–Crippen MR) is 137 cm³/mol. The lowest BCUT2D eigenvalue weighted by Gasteiger charge is -2.14. The van der Waals surface area contributed by atoms with Crippen molar-refractivity contribution in [3.05, 3.63) is 92.1 Å². The van der Waals surface area contributed by atoms with Crippen LogP contribution >= 0.6 is 11.6 Å². The summed E-state index contributed by atoms with van der Waals surface area (Å²) < 4.78 is 1.43. The Bertz CT molecular complexity index is 1310. The SMILES string of the molecule is O=C(O)Cn1cc(CCc2ccc(/C(=C\C3CCCC3)c3ccc(C4CC4)c(=O)[nH]3)cc2Cl)cn1. The molecule has 2 heterocycles. The second kappa shape index (κ2) is 10.2. The van der Waals surface area contributed by atoms with E-state index in [0.29, 0.717) is 16.9 Å². The summed E-state index contributed by atoms with van der Waals surface area (Å²) in [7, 11) is 0. The number of benzene rings is 1. The molecule has 2 saturated carbocycles. The van der Waals surface area contributed by atoms with Crippen LogP contribution in [0.1, 0.15) is 72.4 Å². The standard InChI is InChI=1S/C28H30ClN3O3/c29-25-14-22(10-9-21(25)6-5-19-15-30-32(16-19)17-27(33)34)24(13-18-3-1-2-4-18)26-12-11-23(20-7-8-20)28(35)31-26/h9-16,18,20H,1-8,17H2,(H,31,35)(H,33,34)/b24-13+. The van der Waals surface area contributed by atoms with Crippen molar-refractivity contribution in [2.24, 2.45) is 5.92 Å². The molecular weight excluding hydrogens is 462 g/mol. The summed E-state index contributed by atoms with van der Waals surface area (Å²) in [6.07, 6.45) is 14.3. The van der Waals surface area contributed by atoms with Gasteiger partial charge in [0.2, 0.25) is 0 Å². The molecular formula is C28H30ClN3O3. The Labute approximate surface area is 209 Å². The van der Waals surface area contributed by atoms with Crippen LogP contribution in [-0.4, -0.2) is 25.8 Å². The van der Waals surface area contributed by atoms with Crippen LogP contribution in [0.3, 0.4) is 0 Å². The van der Waals surface area contributed by atoms with E-state index in [-0.39, 0.29) is 12.1 Å². The van der Waals surface area contributed by atoms with E-state index in [1.807, 2.05) is 18.2 Å². The number of carbonyl (C=O) groups is 1.